The minimum atomic E-state index is -1.01. The van der Waals surface area contributed by atoms with Gasteiger partial charge in [-0.3, -0.25) is 6.08 Å². The van der Waals surface area contributed by atoms with E-state index in [1.807, 2.05) is 0 Å². The van der Waals surface area contributed by atoms with Crippen molar-refractivity contribution in [3.8, 4) is 0 Å². The molecule has 0 radical (unpaired) electrons. The topological polar surface area (TPSA) is 0 Å². The first kappa shape index (κ1) is 23.3. The molecule has 74 valence electrons. The summed E-state index contributed by atoms with van der Waals surface area (Å²) in [4.78, 5) is 0. The third kappa shape index (κ3) is 7.48. The summed E-state index contributed by atoms with van der Waals surface area (Å²) in [5, 5.41) is 1.49. The largest absolute Gasteiger partial charge is 4.00 e. The van der Waals surface area contributed by atoms with E-state index < -0.39 is 8.07 Å². The van der Waals surface area contributed by atoms with E-state index in [1.54, 1.807) is 0 Å². The molecule has 1 rings (SSSR count). The van der Waals surface area contributed by atoms with Crippen LogP contribution in [0, 0.1) is 28.4 Å². The van der Waals surface area contributed by atoms with E-state index in [0.29, 0.717) is 0 Å². The van der Waals surface area contributed by atoms with Gasteiger partial charge < -0.3 is 22.3 Å². The number of hydrogen-bond donors (Lipinski definition) is 0. The molecule has 0 heterocycles. The zero-order valence-electron chi connectivity index (χ0n) is 9.86. The smallest absolute Gasteiger partial charge is 0.358 e. The van der Waals surface area contributed by atoms with E-state index in [1.165, 1.54) is 5.20 Å². The van der Waals surface area contributed by atoms with Crippen molar-refractivity contribution in [1.82, 2.24) is 0 Å². The van der Waals surface area contributed by atoms with E-state index >= 15 is 0 Å². The summed E-state index contributed by atoms with van der Waals surface area (Å²) in [6.45, 7) is 7.06. The SMILES string of the molecule is C[Si](C)(C)C1=[C-]CC=C1.[CH3-].[CH3-].[CH3-].[Ti+4]. The fourth-order valence-electron chi connectivity index (χ4n) is 0.920. The van der Waals surface area contributed by atoms with Crippen LogP contribution in [0.5, 0.6) is 0 Å². The van der Waals surface area contributed by atoms with Crippen molar-refractivity contribution in [3.05, 3.63) is 45.7 Å². The van der Waals surface area contributed by atoms with Crippen LogP contribution in [0.2, 0.25) is 19.6 Å². The van der Waals surface area contributed by atoms with Crippen LogP contribution in [0.3, 0.4) is 0 Å². The fraction of sp³-hybridized carbons (Fsp3) is 0.364. The molecule has 0 bridgehead atoms. The summed E-state index contributed by atoms with van der Waals surface area (Å²) >= 11 is 0. The van der Waals surface area contributed by atoms with Crippen molar-refractivity contribution in [2.45, 2.75) is 26.1 Å². The average Bonchev–Trinajstić information content (AvgIpc) is 2.08. The molecular weight excluding hydrogens is 208 g/mol. The van der Waals surface area contributed by atoms with Gasteiger partial charge >= 0.3 is 21.7 Å². The fourth-order valence-corrected chi connectivity index (χ4v) is 2.17. The predicted molar refractivity (Wildman–Crippen MR) is 63.1 cm³/mol. The van der Waals surface area contributed by atoms with Gasteiger partial charge in [-0.15, -0.1) is 6.42 Å². The molecule has 0 aromatic heterocycles. The molecule has 1 aliphatic carbocycles. The average molecular weight is 230 g/mol. The van der Waals surface area contributed by atoms with Gasteiger partial charge in [0.2, 0.25) is 0 Å². The molecule has 0 aromatic carbocycles. The summed E-state index contributed by atoms with van der Waals surface area (Å²) in [6.07, 6.45) is 8.82. The molecular formula is C11H22SiTi. The Morgan fingerprint density at radius 2 is 1.62 bits per heavy atom. The van der Waals surface area contributed by atoms with Crippen LogP contribution in [-0.4, -0.2) is 8.07 Å². The summed E-state index contributed by atoms with van der Waals surface area (Å²) in [6, 6.07) is 0. The molecule has 0 aromatic rings. The molecule has 0 saturated heterocycles. The molecule has 0 spiro atoms. The number of hydrogen-bond acceptors (Lipinski definition) is 0. The van der Waals surface area contributed by atoms with Gasteiger partial charge in [-0.25, -0.2) is 11.3 Å². The summed E-state index contributed by atoms with van der Waals surface area (Å²) in [5.41, 5.74) is 0. The van der Waals surface area contributed by atoms with E-state index in [9.17, 15) is 0 Å². The minimum Gasteiger partial charge on any atom is -0.358 e. The second kappa shape index (κ2) is 8.99. The molecule has 0 N–H and O–H groups in total. The minimum absolute atomic E-state index is 0. The van der Waals surface area contributed by atoms with Crippen LogP contribution in [-0.2, 0) is 21.7 Å². The van der Waals surface area contributed by atoms with Crippen molar-refractivity contribution in [3.63, 3.8) is 0 Å². The van der Waals surface area contributed by atoms with Crippen LogP contribution in [0.1, 0.15) is 6.42 Å². The van der Waals surface area contributed by atoms with E-state index in [2.05, 4.69) is 37.9 Å². The monoisotopic (exact) mass is 230 g/mol. The Labute approximate surface area is 101 Å². The molecule has 1 aliphatic rings. The van der Waals surface area contributed by atoms with Crippen molar-refractivity contribution in [2.75, 3.05) is 0 Å². The van der Waals surface area contributed by atoms with E-state index in [0.717, 1.165) is 6.42 Å². The maximum Gasteiger partial charge on any atom is 4.00 e. The Hall–Kier alpha value is 0.411. The van der Waals surface area contributed by atoms with Crippen LogP contribution >= 0.6 is 0 Å². The first-order valence-electron chi connectivity index (χ1n) is 3.38. The van der Waals surface area contributed by atoms with Gasteiger partial charge in [0.15, 0.2) is 0 Å². The molecule has 2 heteroatoms. The maximum absolute atomic E-state index is 3.36. The molecule has 0 fully saturated rings. The second-order valence-corrected chi connectivity index (χ2v) is 8.49. The van der Waals surface area contributed by atoms with E-state index in [4.69, 9.17) is 0 Å². The number of rotatable bonds is 1. The Kier molecular flexibility index (Phi) is 16.1. The van der Waals surface area contributed by atoms with Crippen molar-refractivity contribution < 1.29 is 21.7 Å². The predicted octanol–water partition coefficient (Wildman–Crippen LogP) is 3.90. The summed E-state index contributed by atoms with van der Waals surface area (Å²) < 4.78 is 0. The Bertz CT molecular complexity index is 163. The normalized spacial score (nSPS) is 12.7. The Morgan fingerprint density at radius 3 is 1.77 bits per heavy atom. The third-order valence-electron chi connectivity index (χ3n) is 1.50. The molecule has 0 atom stereocenters. The standard InChI is InChI=1S/C8H13Si.3CH3.Ti/c1-9(2,3)8-6-4-5-7-8;;;;/h4,6H,5H2,1-3H3;3*1H3;/q4*-1;+4. The quantitative estimate of drug-likeness (QED) is 0.473. The molecule has 13 heavy (non-hydrogen) atoms. The van der Waals surface area contributed by atoms with Crippen LogP contribution in [0.25, 0.3) is 0 Å². The van der Waals surface area contributed by atoms with E-state index in [-0.39, 0.29) is 44.0 Å². The molecule has 0 aliphatic heterocycles. The van der Waals surface area contributed by atoms with Gasteiger partial charge in [0.05, 0.1) is 0 Å². The first-order chi connectivity index (χ1) is 4.11. The van der Waals surface area contributed by atoms with Crippen molar-refractivity contribution in [1.29, 1.82) is 0 Å². The van der Waals surface area contributed by atoms with Gasteiger partial charge in [-0.1, -0.05) is 19.6 Å². The van der Waals surface area contributed by atoms with Crippen LogP contribution in [0.4, 0.5) is 0 Å². The third-order valence-corrected chi connectivity index (χ3v) is 3.46. The zero-order chi connectivity index (χ0) is 6.91. The first-order valence-corrected chi connectivity index (χ1v) is 6.88. The van der Waals surface area contributed by atoms with Crippen molar-refractivity contribution >= 4 is 8.07 Å². The van der Waals surface area contributed by atoms with Gasteiger partial charge in [0, 0.05) is 8.07 Å². The zero-order valence-corrected chi connectivity index (χ0v) is 12.4. The maximum atomic E-state index is 3.36. The van der Waals surface area contributed by atoms with Crippen molar-refractivity contribution in [2.24, 2.45) is 0 Å². The molecule has 0 nitrogen and oxygen atoms in total. The Balaban J connectivity index is -0.000000101. The van der Waals surface area contributed by atoms with Gasteiger partial charge in [0.1, 0.15) is 0 Å². The second-order valence-electron chi connectivity index (χ2n) is 3.45. The number of allylic oxidation sites excluding steroid dienone is 4. The summed E-state index contributed by atoms with van der Waals surface area (Å²) in [5.74, 6) is 0. The van der Waals surface area contributed by atoms with Gasteiger partial charge in [-0.05, 0) is 0 Å². The van der Waals surface area contributed by atoms with Crippen LogP contribution in [0.15, 0.2) is 17.3 Å². The van der Waals surface area contributed by atoms with Gasteiger partial charge in [0.25, 0.3) is 0 Å². The van der Waals surface area contributed by atoms with Gasteiger partial charge in [-0.2, -0.15) is 6.08 Å². The van der Waals surface area contributed by atoms with Crippen LogP contribution < -0.4 is 0 Å². The molecule has 0 amide bonds. The summed E-state index contributed by atoms with van der Waals surface area (Å²) in [7, 11) is -1.01. The molecule has 0 saturated carbocycles. The Morgan fingerprint density at radius 1 is 1.15 bits per heavy atom. The molecule has 0 unspecified atom stereocenters.